The zero-order valence-electron chi connectivity index (χ0n) is 5.90. The molecule has 0 amide bonds. The molecule has 0 aromatic rings. The van der Waals surface area contributed by atoms with Crippen LogP contribution >= 0.6 is 0 Å². The summed E-state index contributed by atoms with van der Waals surface area (Å²) in [6.45, 7) is 5.66. The highest BCUT2D eigenvalue weighted by Gasteiger charge is 2.25. The van der Waals surface area contributed by atoms with Gasteiger partial charge in [0.05, 0.1) is 0 Å². The molecule has 0 spiro atoms. The van der Waals surface area contributed by atoms with Gasteiger partial charge in [0.25, 0.3) is 0 Å². The van der Waals surface area contributed by atoms with E-state index < -0.39 is 0 Å². The average Bonchev–Trinajstić information content (AvgIpc) is 2.50. The summed E-state index contributed by atoms with van der Waals surface area (Å²) in [6, 6.07) is 0. The summed E-state index contributed by atoms with van der Waals surface area (Å²) in [5.74, 6) is 0.833. The predicted octanol–water partition coefficient (Wildman–Crippen LogP) is 2.01. The van der Waals surface area contributed by atoms with E-state index in [1.54, 1.807) is 6.92 Å². The second-order valence-electron chi connectivity index (χ2n) is 1.88. The molecule has 1 aliphatic carbocycles. The van der Waals surface area contributed by atoms with Crippen LogP contribution in [0.15, 0.2) is 0 Å². The Hall–Kier alpha value is -0.330. The van der Waals surface area contributed by atoms with Crippen molar-refractivity contribution in [2.45, 2.75) is 33.6 Å². The topological polar surface area (TPSA) is 17.1 Å². The molecule has 0 saturated heterocycles. The number of carbonyl (C=O) groups is 1. The summed E-state index contributed by atoms with van der Waals surface area (Å²) in [7, 11) is 0. The van der Waals surface area contributed by atoms with Gasteiger partial charge in [-0.05, 0) is 19.8 Å². The molecule has 0 aromatic heterocycles. The van der Waals surface area contributed by atoms with Crippen LogP contribution in [0.4, 0.5) is 0 Å². The molecular formula is C7H14O. The first-order valence-electron chi connectivity index (χ1n) is 3.31. The molecule has 0 aromatic carbocycles. The molecule has 1 rings (SSSR count). The third kappa shape index (κ3) is 2.78. The Kier molecular flexibility index (Phi) is 3.49. The molecule has 0 N–H and O–H groups in total. The van der Waals surface area contributed by atoms with E-state index in [1.807, 2.05) is 13.8 Å². The lowest BCUT2D eigenvalue weighted by atomic mass is 10.3. The fourth-order valence-electron chi connectivity index (χ4n) is 0.490. The van der Waals surface area contributed by atoms with Crippen molar-refractivity contribution in [1.82, 2.24) is 0 Å². The molecule has 0 heterocycles. The molecule has 8 heavy (non-hydrogen) atoms. The maximum Gasteiger partial charge on any atom is 0.132 e. The molecule has 0 unspecified atom stereocenters. The second kappa shape index (κ2) is 3.65. The number of Topliss-reactive ketones (excluding diaryl/α,β-unsaturated/α-hetero) is 1. The fourth-order valence-corrected chi connectivity index (χ4v) is 0.490. The SMILES string of the molecule is CC.CC(=O)C1CC1. The Morgan fingerprint density at radius 1 is 1.38 bits per heavy atom. The highest BCUT2D eigenvalue weighted by Crippen LogP contribution is 2.29. The summed E-state index contributed by atoms with van der Waals surface area (Å²) in [5, 5.41) is 0. The monoisotopic (exact) mass is 114 g/mol. The number of rotatable bonds is 1. The Balaban J connectivity index is 0.000000222. The van der Waals surface area contributed by atoms with E-state index in [9.17, 15) is 4.79 Å². The quantitative estimate of drug-likeness (QED) is 0.509. The molecular weight excluding hydrogens is 100 g/mol. The van der Waals surface area contributed by atoms with E-state index in [4.69, 9.17) is 0 Å². The zero-order valence-corrected chi connectivity index (χ0v) is 5.90. The van der Waals surface area contributed by atoms with Crippen molar-refractivity contribution in [2.75, 3.05) is 0 Å². The highest BCUT2D eigenvalue weighted by molar-refractivity contribution is 5.80. The molecule has 1 aliphatic rings. The van der Waals surface area contributed by atoms with Gasteiger partial charge < -0.3 is 0 Å². The molecule has 1 nitrogen and oxygen atoms in total. The van der Waals surface area contributed by atoms with Gasteiger partial charge in [0, 0.05) is 5.92 Å². The second-order valence-corrected chi connectivity index (χ2v) is 1.88. The van der Waals surface area contributed by atoms with E-state index in [0.29, 0.717) is 11.7 Å². The lowest BCUT2D eigenvalue weighted by molar-refractivity contribution is -0.118. The van der Waals surface area contributed by atoms with Crippen LogP contribution in [0, 0.1) is 5.92 Å². The molecule has 48 valence electrons. The van der Waals surface area contributed by atoms with Crippen LogP contribution in [0.2, 0.25) is 0 Å². The van der Waals surface area contributed by atoms with Crippen molar-refractivity contribution >= 4 is 5.78 Å². The maximum absolute atomic E-state index is 10.2. The van der Waals surface area contributed by atoms with E-state index in [-0.39, 0.29) is 0 Å². The molecule has 1 saturated carbocycles. The number of carbonyl (C=O) groups excluding carboxylic acids is 1. The van der Waals surface area contributed by atoms with Crippen molar-refractivity contribution in [3.05, 3.63) is 0 Å². The van der Waals surface area contributed by atoms with Crippen LogP contribution in [0.25, 0.3) is 0 Å². The summed E-state index contributed by atoms with van der Waals surface area (Å²) in [4.78, 5) is 10.2. The van der Waals surface area contributed by atoms with Gasteiger partial charge in [-0.15, -0.1) is 0 Å². The van der Waals surface area contributed by atoms with Gasteiger partial charge in [0.2, 0.25) is 0 Å². The Morgan fingerprint density at radius 3 is 1.75 bits per heavy atom. The average molecular weight is 114 g/mol. The zero-order chi connectivity index (χ0) is 6.57. The smallest absolute Gasteiger partial charge is 0.132 e. The van der Waals surface area contributed by atoms with Gasteiger partial charge in [-0.2, -0.15) is 0 Å². The van der Waals surface area contributed by atoms with Crippen molar-refractivity contribution in [1.29, 1.82) is 0 Å². The van der Waals surface area contributed by atoms with Gasteiger partial charge in [-0.1, -0.05) is 13.8 Å². The molecule has 0 bridgehead atoms. The maximum atomic E-state index is 10.2. The Bertz CT molecular complexity index is 72.5. The van der Waals surface area contributed by atoms with Gasteiger partial charge in [-0.25, -0.2) is 0 Å². The van der Waals surface area contributed by atoms with E-state index >= 15 is 0 Å². The van der Waals surface area contributed by atoms with Crippen molar-refractivity contribution in [2.24, 2.45) is 5.92 Å². The molecule has 0 atom stereocenters. The first-order valence-corrected chi connectivity index (χ1v) is 3.31. The minimum Gasteiger partial charge on any atom is -0.300 e. The third-order valence-corrected chi connectivity index (χ3v) is 1.15. The first-order chi connectivity index (χ1) is 3.80. The fraction of sp³-hybridized carbons (Fsp3) is 0.857. The van der Waals surface area contributed by atoms with Gasteiger partial charge in [0.15, 0.2) is 0 Å². The van der Waals surface area contributed by atoms with Crippen molar-refractivity contribution < 1.29 is 4.79 Å². The largest absolute Gasteiger partial charge is 0.300 e. The lowest BCUT2D eigenvalue weighted by Gasteiger charge is -1.75. The minimum absolute atomic E-state index is 0.370. The van der Waals surface area contributed by atoms with Gasteiger partial charge in [0.1, 0.15) is 5.78 Å². The first kappa shape index (κ1) is 7.67. The predicted molar refractivity (Wildman–Crippen MR) is 34.8 cm³/mol. The van der Waals surface area contributed by atoms with Crippen molar-refractivity contribution in [3.63, 3.8) is 0 Å². The van der Waals surface area contributed by atoms with Crippen LogP contribution in [0.5, 0.6) is 0 Å². The van der Waals surface area contributed by atoms with Crippen LogP contribution in [-0.2, 0) is 4.79 Å². The molecule has 0 aliphatic heterocycles. The number of hydrogen-bond acceptors (Lipinski definition) is 1. The Labute approximate surface area is 51.1 Å². The van der Waals surface area contributed by atoms with Gasteiger partial charge in [-0.3, -0.25) is 4.79 Å². The van der Waals surface area contributed by atoms with Crippen LogP contribution in [0.3, 0.4) is 0 Å². The van der Waals surface area contributed by atoms with Gasteiger partial charge >= 0.3 is 0 Å². The third-order valence-electron chi connectivity index (χ3n) is 1.15. The molecule has 1 heteroatoms. The number of ketones is 1. The molecule has 0 radical (unpaired) electrons. The Morgan fingerprint density at radius 2 is 1.75 bits per heavy atom. The van der Waals surface area contributed by atoms with E-state index in [0.717, 1.165) is 12.8 Å². The normalized spacial score (nSPS) is 16.4. The lowest BCUT2D eigenvalue weighted by Crippen LogP contribution is -1.88. The van der Waals surface area contributed by atoms with Crippen LogP contribution < -0.4 is 0 Å². The van der Waals surface area contributed by atoms with Crippen LogP contribution in [0.1, 0.15) is 33.6 Å². The highest BCUT2D eigenvalue weighted by atomic mass is 16.1. The summed E-state index contributed by atoms with van der Waals surface area (Å²) in [5.41, 5.74) is 0. The van der Waals surface area contributed by atoms with E-state index in [1.165, 1.54) is 0 Å². The number of hydrogen-bond donors (Lipinski definition) is 0. The van der Waals surface area contributed by atoms with Crippen molar-refractivity contribution in [3.8, 4) is 0 Å². The molecule has 1 fully saturated rings. The summed E-state index contributed by atoms with van der Waals surface area (Å²) >= 11 is 0. The standard InChI is InChI=1S/C5H8O.C2H6/c1-4(6)5-2-3-5;1-2/h5H,2-3H2,1H3;1-2H3. The summed E-state index contributed by atoms with van der Waals surface area (Å²) in [6.07, 6.45) is 2.30. The van der Waals surface area contributed by atoms with E-state index in [2.05, 4.69) is 0 Å². The van der Waals surface area contributed by atoms with Crippen LogP contribution in [-0.4, -0.2) is 5.78 Å². The summed E-state index contributed by atoms with van der Waals surface area (Å²) < 4.78 is 0. The minimum atomic E-state index is 0.370.